The van der Waals surface area contributed by atoms with Gasteiger partial charge in [0.05, 0.1) is 16.7 Å². The molecule has 0 fully saturated rings. The summed E-state index contributed by atoms with van der Waals surface area (Å²) in [7, 11) is 0. The quantitative estimate of drug-likeness (QED) is 0.167. The van der Waals surface area contributed by atoms with E-state index in [1.807, 2.05) is 12.3 Å². The fraction of sp³-hybridized carbons (Fsp3) is 0.0500. The van der Waals surface area contributed by atoms with E-state index < -0.39 is 0 Å². The van der Waals surface area contributed by atoms with Gasteiger partial charge in [0.15, 0.2) is 0 Å². The summed E-state index contributed by atoms with van der Waals surface area (Å²) in [4.78, 5) is 7.21. The topological polar surface area (TPSA) is 21.1 Å². The van der Waals surface area contributed by atoms with Crippen LogP contribution in [0.4, 0.5) is 17.1 Å². The SMILES string of the molecule is CC1(C)c2ccccc2-c2ccc(N(c3ccccc3)c3ccc(-c4ccc(-n5c6cc(-c7ccccn7)cc7c6c6c8c(cccc8ccc65)-c5ccccc5-7)cc4)cc3)cc21. The predicted octanol–water partition coefficient (Wildman–Crippen LogP) is 16.1. The fourth-order valence-corrected chi connectivity index (χ4v) is 10.8. The van der Waals surface area contributed by atoms with Crippen molar-refractivity contribution in [2.24, 2.45) is 0 Å². The zero-order chi connectivity index (χ0) is 41.8. The molecular weight excluding hydrogens is 763 g/mol. The minimum atomic E-state index is -0.0825. The Bertz CT molecular complexity index is 3620. The molecule has 2 aliphatic carbocycles. The van der Waals surface area contributed by atoms with Crippen LogP contribution < -0.4 is 4.90 Å². The zero-order valence-electron chi connectivity index (χ0n) is 35.0. The molecule has 13 rings (SSSR count). The van der Waals surface area contributed by atoms with Gasteiger partial charge in [-0.15, -0.1) is 0 Å². The molecule has 3 heteroatoms. The van der Waals surface area contributed by atoms with Gasteiger partial charge in [-0.2, -0.15) is 0 Å². The lowest BCUT2D eigenvalue weighted by Gasteiger charge is -2.28. The third-order valence-corrected chi connectivity index (χ3v) is 13.8. The summed E-state index contributed by atoms with van der Waals surface area (Å²) in [5.74, 6) is 0. The molecule has 3 nitrogen and oxygen atoms in total. The lowest BCUT2D eigenvalue weighted by Crippen LogP contribution is -2.16. The molecule has 0 spiro atoms. The number of rotatable bonds is 6. The maximum Gasteiger partial charge on any atom is 0.0702 e. The van der Waals surface area contributed by atoms with Gasteiger partial charge in [0.1, 0.15) is 0 Å². The number of benzene rings is 9. The number of fused-ring (bicyclic) bond motifs is 6. The molecule has 0 bridgehead atoms. The van der Waals surface area contributed by atoms with Gasteiger partial charge in [-0.1, -0.05) is 141 Å². The van der Waals surface area contributed by atoms with E-state index in [-0.39, 0.29) is 5.41 Å². The third-order valence-electron chi connectivity index (χ3n) is 13.8. The van der Waals surface area contributed by atoms with Crippen LogP contribution in [0.25, 0.3) is 94.0 Å². The van der Waals surface area contributed by atoms with Crippen molar-refractivity contribution in [3.8, 4) is 61.5 Å². The normalized spacial score (nSPS) is 13.0. The van der Waals surface area contributed by atoms with Crippen molar-refractivity contribution < 1.29 is 0 Å². The first-order chi connectivity index (χ1) is 31.0. The summed E-state index contributed by atoms with van der Waals surface area (Å²) < 4.78 is 2.46. The summed E-state index contributed by atoms with van der Waals surface area (Å²) in [5, 5.41) is 5.15. The molecule has 2 heterocycles. The van der Waals surface area contributed by atoms with Gasteiger partial charge in [0.25, 0.3) is 0 Å². The van der Waals surface area contributed by atoms with Crippen molar-refractivity contribution in [3.05, 3.63) is 224 Å². The molecule has 0 saturated carbocycles. The molecule has 0 amide bonds. The van der Waals surface area contributed by atoms with Crippen LogP contribution in [0, 0.1) is 0 Å². The Morgan fingerprint density at radius 2 is 1.05 bits per heavy atom. The van der Waals surface area contributed by atoms with Gasteiger partial charge in [0, 0.05) is 50.7 Å². The molecule has 0 N–H and O–H groups in total. The van der Waals surface area contributed by atoms with E-state index in [1.54, 1.807) is 0 Å². The number of hydrogen-bond donors (Lipinski definition) is 0. The second kappa shape index (κ2) is 13.5. The Hall–Kier alpha value is -8.01. The molecule has 0 aliphatic heterocycles. The molecule has 63 heavy (non-hydrogen) atoms. The molecule has 0 saturated heterocycles. The summed E-state index contributed by atoms with van der Waals surface area (Å²) >= 11 is 0. The minimum absolute atomic E-state index is 0.0825. The Kier molecular flexibility index (Phi) is 7.65. The summed E-state index contributed by atoms with van der Waals surface area (Å²) in [6.07, 6.45) is 1.89. The van der Waals surface area contributed by atoms with Gasteiger partial charge < -0.3 is 9.47 Å². The van der Waals surface area contributed by atoms with Gasteiger partial charge in [-0.05, 0) is 145 Å². The Labute approximate surface area is 366 Å². The average molecular weight is 804 g/mol. The van der Waals surface area contributed by atoms with Crippen molar-refractivity contribution in [1.82, 2.24) is 9.55 Å². The lowest BCUT2D eigenvalue weighted by atomic mass is 9.82. The minimum Gasteiger partial charge on any atom is -0.310 e. The number of hydrogen-bond acceptors (Lipinski definition) is 2. The van der Waals surface area contributed by atoms with E-state index in [0.29, 0.717) is 0 Å². The van der Waals surface area contributed by atoms with E-state index in [1.165, 1.54) is 88.2 Å². The maximum atomic E-state index is 4.83. The van der Waals surface area contributed by atoms with Crippen LogP contribution in [0.2, 0.25) is 0 Å². The largest absolute Gasteiger partial charge is 0.310 e. The van der Waals surface area contributed by atoms with Crippen LogP contribution in [-0.2, 0) is 5.41 Å². The van der Waals surface area contributed by atoms with Crippen LogP contribution in [0.15, 0.2) is 212 Å². The first-order valence-electron chi connectivity index (χ1n) is 21.9. The Morgan fingerprint density at radius 1 is 0.397 bits per heavy atom. The highest BCUT2D eigenvalue weighted by Gasteiger charge is 2.36. The van der Waals surface area contributed by atoms with Crippen LogP contribution >= 0.6 is 0 Å². The average Bonchev–Trinajstić information content (AvgIpc) is 3.75. The standard InChI is InChI=1S/C60H41N3/c1-60(2)52-20-9-8-18-48(52)49-32-31-45(37-53(49)60)62(42-14-4-3-5-15-42)43-27-22-38(23-28-43)39-24-29-44(30-25-39)63-55-33-26-40-13-12-19-50-46-16-6-7-17-47(46)51-35-41(54-21-10-11-34-61-54)36-56(63)58(51)59(55)57(40)50/h3-37H,1-2H3. The smallest absolute Gasteiger partial charge is 0.0702 e. The first kappa shape index (κ1) is 35.7. The highest BCUT2D eigenvalue weighted by molar-refractivity contribution is 6.30. The zero-order valence-corrected chi connectivity index (χ0v) is 35.0. The van der Waals surface area contributed by atoms with E-state index in [4.69, 9.17) is 4.98 Å². The molecule has 2 aliphatic rings. The first-order valence-corrected chi connectivity index (χ1v) is 21.9. The van der Waals surface area contributed by atoms with Crippen LogP contribution in [0.1, 0.15) is 25.0 Å². The molecule has 2 aromatic heterocycles. The Balaban J connectivity index is 0.925. The van der Waals surface area contributed by atoms with Crippen molar-refractivity contribution in [1.29, 1.82) is 0 Å². The molecular formula is C60H41N3. The predicted molar refractivity (Wildman–Crippen MR) is 264 cm³/mol. The van der Waals surface area contributed by atoms with Crippen LogP contribution in [0.5, 0.6) is 0 Å². The van der Waals surface area contributed by atoms with Gasteiger partial charge in [-0.25, -0.2) is 0 Å². The molecule has 296 valence electrons. The van der Waals surface area contributed by atoms with Crippen molar-refractivity contribution in [2.45, 2.75) is 19.3 Å². The second-order valence-electron chi connectivity index (χ2n) is 17.5. The van der Waals surface area contributed by atoms with Gasteiger partial charge in [-0.3, -0.25) is 4.98 Å². The van der Waals surface area contributed by atoms with E-state index in [0.717, 1.165) is 34.0 Å². The molecule has 0 radical (unpaired) electrons. The van der Waals surface area contributed by atoms with E-state index >= 15 is 0 Å². The highest BCUT2D eigenvalue weighted by atomic mass is 15.1. The van der Waals surface area contributed by atoms with E-state index in [9.17, 15) is 0 Å². The molecule has 0 atom stereocenters. The number of pyridine rings is 1. The van der Waals surface area contributed by atoms with Gasteiger partial charge >= 0.3 is 0 Å². The number of para-hydroxylation sites is 1. The Morgan fingerprint density at radius 3 is 1.83 bits per heavy atom. The monoisotopic (exact) mass is 803 g/mol. The summed E-state index contributed by atoms with van der Waals surface area (Å²) in [6, 6.07) is 75.8. The second-order valence-corrected chi connectivity index (χ2v) is 17.5. The van der Waals surface area contributed by atoms with Crippen molar-refractivity contribution >= 4 is 49.6 Å². The summed E-state index contributed by atoms with van der Waals surface area (Å²) in [6.45, 7) is 4.70. The molecule has 9 aromatic carbocycles. The summed E-state index contributed by atoms with van der Waals surface area (Å²) in [5.41, 5.74) is 21.7. The van der Waals surface area contributed by atoms with Crippen molar-refractivity contribution in [3.63, 3.8) is 0 Å². The van der Waals surface area contributed by atoms with Crippen LogP contribution in [-0.4, -0.2) is 9.55 Å². The number of nitrogens with zero attached hydrogens (tertiary/aromatic N) is 3. The third kappa shape index (κ3) is 5.30. The van der Waals surface area contributed by atoms with Crippen LogP contribution in [0.3, 0.4) is 0 Å². The number of aromatic nitrogens is 2. The lowest BCUT2D eigenvalue weighted by molar-refractivity contribution is 0.660. The van der Waals surface area contributed by atoms with Crippen molar-refractivity contribution in [2.75, 3.05) is 4.90 Å². The fourth-order valence-electron chi connectivity index (χ4n) is 10.8. The van der Waals surface area contributed by atoms with Gasteiger partial charge in [0.2, 0.25) is 0 Å². The molecule has 0 unspecified atom stereocenters. The molecule has 11 aromatic rings. The number of anilines is 3. The maximum absolute atomic E-state index is 4.83. The highest BCUT2D eigenvalue weighted by Crippen LogP contribution is 2.52. The van der Waals surface area contributed by atoms with E-state index in [2.05, 4.69) is 224 Å².